The smallest absolute Gasteiger partial charge is 0.265 e. The number of ether oxygens (including phenoxy) is 3. The van der Waals surface area contributed by atoms with Crippen molar-refractivity contribution in [3.63, 3.8) is 0 Å². The van der Waals surface area contributed by atoms with E-state index >= 15 is 0 Å². The van der Waals surface area contributed by atoms with Crippen LogP contribution in [-0.2, 0) is 9.59 Å². The summed E-state index contributed by atoms with van der Waals surface area (Å²) in [6, 6.07) is 12.2. The third kappa shape index (κ3) is 4.62. The number of fused-ring (bicyclic) bond motifs is 1. The third-order valence-electron chi connectivity index (χ3n) is 4.00. The first kappa shape index (κ1) is 19.3. The molecule has 0 fully saturated rings. The van der Waals surface area contributed by atoms with Gasteiger partial charge in [0.2, 0.25) is 0 Å². The SMILES string of the molecule is C=CCN1C(=O)COc2cc(NC(=O)COc3ccc(OCC)cc3)ccc21. The Hall–Kier alpha value is -3.48. The molecule has 0 unspecified atom stereocenters. The maximum absolute atomic E-state index is 12.2. The highest BCUT2D eigenvalue weighted by molar-refractivity contribution is 5.99. The number of carbonyl (C=O) groups excluding carboxylic acids is 2. The van der Waals surface area contributed by atoms with Crippen LogP contribution >= 0.6 is 0 Å². The molecule has 2 aromatic carbocycles. The minimum Gasteiger partial charge on any atom is -0.494 e. The van der Waals surface area contributed by atoms with Gasteiger partial charge in [0.1, 0.15) is 17.2 Å². The van der Waals surface area contributed by atoms with Gasteiger partial charge >= 0.3 is 0 Å². The van der Waals surface area contributed by atoms with Gasteiger partial charge < -0.3 is 24.4 Å². The maximum Gasteiger partial charge on any atom is 0.265 e. The number of nitrogens with one attached hydrogen (secondary N) is 1. The first-order valence-corrected chi connectivity index (χ1v) is 8.94. The minimum atomic E-state index is -0.302. The van der Waals surface area contributed by atoms with Gasteiger partial charge in [-0.15, -0.1) is 6.58 Å². The summed E-state index contributed by atoms with van der Waals surface area (Å²) in [6.07, 6.45) is 1.65. The molecular weight excluding hydrogens is 360 g/mol. The van der Waals surface area contributed by atoms with Crippen LogP contribution in [0.4, 0.5) is 11.4 Å². The van der Waals surface area contributed by atoms with Crippen molar-refractivity contribution in [1.29, 1.82) is 0 Å². The topological polar surface area (TPSA) is 77.1 Å². The molecule has 1 N–H and O–H groups in total. The summed E-state index contributed by atoms with van der Waals surface area (Å²) in [7, 11) is 0. The van der Waals surface area contributed by atoms with Gasteiger partial charge in [0.15, 0.2) is 13.2 Å². The number of nitrogens with zero attached hydrogens (tertiary/aromatic N) is 1. The Kier molecular flexibility index (Phi) is 6.16. The molecule has 0 bridgehead atoms. The van der Waals surface area contributed by atoms with E-state index in [2.05, 4.69) is 11.9 Å². The normalized spacial score (nSPS) is 12.6. The molecule has 146 valence electrons. The molecule has 0 aliphatic carbocycles. The van der Waals surface area contributed by atoms with Crippen LogP contribution in [0.1, 0.15) is 6.92 Å². The molecule has 1 heterocycles. The predicted octanol–water partition coefficient (Wildman–Crippen LogP) is 3.01. The van der Waals surface area contributed by atoms with Crippen LogP contribution in [0.25, 0.3) is 0 Å². The van der Waals surface area contributed by atoms with E-state index in [1.54, 1.807) is 53.4 Å². The van der Waals surface area contributed by atoms with Crippen molar-refractivity contribution in [3.05, 3.63) is 55.1 Å². The molecule has 0 atom stereocenters. The zero-order valence-corrected chi connectivity index (χ0v) is 15.6. The van der Waals surface area contributed by atoms with Crippen molar-refractivity contribution in [2.24, 2.45) is 0 Å². The van der Waals surface area contributed by atoms with Crippen LogP contribution < -0.4 is 24.4 Å². The highest BCUT2D eigenvalue weighted by Gasteiger charge is 2.24. The molecule has 3 rings (SSSR count). The molecule has 28 heavy (non-hydrogen) atoms. The summed E-state index contributed by atoms with van der Waals surface area (Å²) < 4.78 is 16.3. The van der Waals surface area contributed by atoms with Crippen molar-refractivity contribution in [2.45, 2.75) is 6.92 Å². The second-order valence-electron chi connectivity index (χ2n) is 6.01. The molecule has 7 nitrogen and oxygen atoms in total. The van der Waals surface area contributed by atoms with Crippen molar-refractivity contribution in [3.8, 4) is 17.2 Å². The third-order valence-corrected chi connectivity index (χ3v) is 4.00. The summed E-state index contributed by atoms with van der Waals surface area (Å²) in [5.41, 5.74) is 1.21. The van der Waals surface area contributed by atoms with Gasteiger partial charge in [-0.3, -0.25) is 9.59 Å². The largest absolute Gasteiger partial charge is 0.494 e. The zero-order valence-electron chi connectivity index (χ0n) is 15.6. The van der Waals surface area contributed by atoms with Crippen LogP contribution in [0.15, 0.2) is 55.1 Å². The predicted molar refractivity (Wildman–Crippen MR) is 106 cm³/mol. The van der Waals surface area contributed by atoms with Gasteiger partial charge in [-0.25, -0.2) is 0 Å². The van der Waals surface area contributed by atoms with Crippen LogP contribution in [0.3, 0.4) is 0 Å². The Balaban J connectivity index is 1.58. The van der Waals surface area contributed by atoms with Gasteiger partial charge in [-0.1, -0.05) is 6.08 Å². The maximum atomic E-state index is 12.2. The summed E-state index contributed by atoms with van der Waals surface area (Å²) in [5, 5.41) is 2.76. The Morgan fingerprint density at radius 2 is 1.93 bits per heavy atom. The quantitative estimate of drug-likeness (QED) is 0.710. The Morgan fingerprint density at radius 1 is 1.21 bits per heavy atom. The first-order chi connectivity index (χ1) is 13.6. The standard InChI is InChI=1S/C21H22N2O5/c1-3-11-23-18-10-5-15(12-19(18)28-14-21(23)25)22-20(24)13-27-17-8-6-16(7-9-17)26-4-2/h3,5-10,12H,1,4,11,13-14H2,2H3,(H,22,24). The van der Waals surface area contributed by atoms with Gasteiger partial charge in [0, 0.05) is 18.3 Å². The first-order valence-electron chi connectivity index (χ1n) is 8.94. The molecule has 2 aromatic rings. The molecule has 1 aliphatic rings. The second-order valence-corrected chi connectivity index (χ2v) is 6.01. The van der Waals surface area contributed by atoms with E-state index in [0.717, 1.165) is 5.75 Å². The van der Waals surface area contributed by atoms with Gasteiger partial charge in [0.05, 0.1) is 12.3 Å². The molecule has 7 heteroatoms. The Bertz CT molecular complexity index is 864. The molecule has 0 spiro atoms. The lowest BCUT2D eigenvalue weighted by molar-refractivity contribution is -0.121. The summed E-state index contributed by atoms with van der Waals surface area (Å²) in [4.78, 5) is 25.7. The molecule has 1 aliphatic heterocycles. The second kappa shape index (κ2) is 8.94. The van der Waals surface area contributed by atoms with E-state index in [-0.39, 0.29) is 25.0 Å². The van der Waals surface area contributed by atoms with E-state index in [1.165, 1.54) is 0 Å². The summed E-state index contributed by atoms with van der Waals surface area (Å²) in [6.45, 7) is 6.39. The van der Waals surface area contributed by atoms with Crippen molar-refractivity contribution in [1.82, 2.24) is 0 Å². The summed E-state index contributed by atoms with van der Waals surface area (Å²) in [5.74, 6) is 1.42. The minimum absolute atomic E-state index is 0.0426. The van der Waals surface area contributed by atoms with E-state index in [0.29, 0.717) is 36.0 Å². The fourth-order valence-corrected chi connectivity index (χ4v) is 2.76. The molecule has 0 saturated carbocycles. The average molecular weight is 382 g/mol. The number of amides is 2. The van der Waals surface area contributed by atoms with Crippen LogP contribution in [0, 0.1) is 0 Å². The average Bonchev–Trinajstić information content (AvgIpc) is 2.70. The fourth-order valence-electron chi connectivity index (χ4n) is 2.76. The highest BCUT2D eigenvalue weighted by atomic mass is 16.5. The summed E-state index contributed by atoms with van der Waals surface area (Å²) >= 11 is 0. The van der Waals surface area contributed by atoms with Crippen LogP contribution in [0.2, 0.25) is 0 Å². The van der Waals surface area contributed by atoms with Gasteiger partial charge in [0.25, 0.3) is 11.8 Å². The highest BCUT2D eigenvalue weighted by Crippen LogP contribution is 2.34. The molecule has 0 radical (unpaired) electrons. The molecule has 2 amide bonds. The van der Waals surface area contributed by atoms with Crippen molar-refractivity contribution >= 4 is 23.2 Å². The zero-order chi connectivity index (χ0) is 19.9. The number of hydrogen-bond donors (Lipinski definition) is 1. The van der Waals surface area contributed by atoms with E-state index < -0.39 is 0 Å². The number of rotatable bonds is 8. The number of anilines is 2. The Morgan fingerprint density at radius 3 is 2.61 bits per heavy atom. The Labute approximate surface area is 163 Å². The molecule has 0 aromatic heterocycles. The van der Waals surface area contributed by atoms with Gasteiger partial charge in [-0.2, -0.15) is 0 Å². The lowest BCUT2D eigenvalue weighted by Crippen LogP contribution is -2.38. The van der Waals surface area contributed by atoms with Gasteiger partial charge in [-0.05, 0) is 43.3 Å². The fraction of sp³-hybridized carbons (Fsp3) is 0.238. The van der Waals surface area contributed by atoms with E-state index in [4.69, 9.17) is 14.2 Å². The number of hydrogen-bond acceptors (Lipinski definition) is 5. The number of benzene rings is 2. The van der Waals surface area contributed by atoms with Crippen molar-refractivity contribution < 1.29 is 23.8 Å². The lowest BCUT2D eigenvalue weighted by Gasteiger charge is -2.28. The van der Waals surface area contributed by atoms with Crippen LogP contribution in [-0.4, -0.2) is 38.2 Å². The lowest BCUT2D eigenvalue weighted by atomic mass is 10.2. The van der Waals surface area contributed by atoms with E-state index in [9.17, 15) is 9.59 Å². The van der Waals surface area contributed by atoms with Crippen LogP contribution in [0.5, 0.6) is 17.2 Å². The molecule has 0 saturated heterocycles. The van der Waals surface area contributed by atoms with Crippen molar-refractivity contribution in [2.75, 3.05) is 36.6 Å². The number of carbonyl (C=O) groups is 2. The molecular formula is C21H22N2O5. The monoisotopic (exact) mass is 382 g/mol. The van der Waals surface area contributed by atoms with E-state index in [1.807, 2.05) is 6.92 Å².